The van der Waals surface area contributed by atoms with Crippen molar-refractivity contribution in [3.8, 4) is 5.75 Å². The van der Waals surface area contributed by atoms with Crippen LogP contribution in [0.1, 0.15) is 77.2 Å². The third-order valence-electron chi connectivity index (χ3n) is 7.04. The molecule has 1 saturated carbocycles. The van der Waals surface area contributed by atoms with Gasteiger partial charge in [0.2, 0.25) is 5.82 Å². The van der Waals surface area contributed by atoms with Crippen molar-refractivity contribution < 1.29 is 14.5 Å². The molecule has 31 heavy (non-hydrogen) atoms. The summed E-state index contributed by atoms with van der Waals surface area (Å²) in [5.41, 5.74) is 1.11. The first-order chi connectivity index (χ1) is 15.0. The standard InChI is InChI=1S/C24H38N6O/c1-5-31-21-13-11-19(12-14-21)22(23-25-26-27-30(23)24(2,3)4)29-17-15-28(16-18-29)20-9-7-6-8-10-20/h11-14,20,22H,5-10,15-18H2,1-4H3/p+2/t22-/m1/s1. The van der Waals surface area contributed by atoms with Gasteiger partial charge in [-0.15, -0.1) is 5.10 Å². The van der Waals surface area contributed by atoms with E-state index in [1.165, 1.54) is 50.8 Å². The number of rotatable bonds is 6. The Morgan fingerprint density at radius 1 is 1.03 bits per heavy atom. The molecule has 1 aromatic carbocycles. The van der Waals surface area contributed by atoms with Crippen LogP contribution in [0.25, 0.3) is 0 Å². The predicted octanol–water partition coefficient (Wildman–Crippen LogP) is 1.03. The molecule has 2 fully saturated rings. The fraction of sp³-hybridized carbons (Fsp3) is 0.708. The van der Waals surface area contributed by atoms with Gasteiger partial charge in [0.15, 0.2) is 6.04 Å². The van der Waals surface area contributed by atoms with Crippen LogP contribution in [0.15, 0.2) is 24.3 Å². The molecule has 4 rings (SSSR count). The van der Waals surface area contributed by atoms with E-state index < -0.39 is 0 Å². The van der Waals surface area contributed by atoms with E-state index >= 15 is 0 Å². The smallest absolute Gasteiger partial charge is 0.214 e. The molecular formula is C24H40N6O+2. The first-order valence-corrected chi connectivity index (χ1v) is 12.2. The summed E-state index contributed by atoms with van der Waals surface area (Å²) in [5.74, 6) is 1.88. The van der Waals surface area contributed by atoms with Crippen molar-refractivity contribution in [1.82, 2.24) is 20.2 Å². The van der Waals surface area contributed by atoms with Crippen molar-refractivity contribution in [2.45, 2.75) is 77.4 Å². The molecule has 1 aliphatic carbocycles. The largest absolute Gasteiger partial charge is 0.494 e. The highest BCUT2D eigenvalue weighted by molar-refractivity contribution is 5.30. The monoisotopic (exact) mass is 428 g/mol. The number of nitrogens with one attached hydrogen (secondary N) is 2. The molecule has 2 N–H and O–H groups in total. The molecule has 1 aliphatic heterocycles. The number of hydrogen-bond acceptors (Lipinski definition) is 4. The zero-order valence-electron chi connectivity index (χ0n) is 19.7. The number of aromatic nitrogens is 4. The number of tetrazole rings is 1. The second-order valence-corrected chi connectivity index (χ2v) is 10.2. The van der Waals surface area contributed by atoms with Gasteiger partial charge in [0.1, 0.15) is 31.9 Å². The molecule has 0 amide bonds. The van der Waals surface area contributed by atoms with Crippen LogP contribution in [-0.4, -0.2) is 59.0 Å². The molecule has 0 radical (unpaired) electrons. The van der Waals surface area contributed by atoms with Crippen LogP contribution in [0.2, 0.25) is 0 Å². The molecule has 0 spiro atoms. The van der Waals surface area contributed by atoms with E-state index in [2.05, 4.69) is 60.6 Å². The summed E-state index contributed by atoms with van der Waals surface area (Å²) in [4.78, 5) is 3.40. The van der Waals surface area contributed by atoms with Crippen molar-refractivity contribution in [3.63, 3.8) is 0 Å². The zero-order chi connectivity index (χ0) is 21.8. The summed E-state index contributed by atoms with van der Waals surface area (Å²) in [7, 11) is 0. The van der Waals surface area contributed by atoms with Crippen molar-refractivity contribution in [1.29, 1.82) is 0 Å². The van der Waals surface area contributed by atoms with Gasteiger partial charge >= 0.3 is 0 Å². The van der Waals surface area contributed by atoms with Crippen LogP contribution in [0, 0.1) is 0 Å². The van der Waals surface area contributed by atoms with Gasteiger partial charge in [-0.1, -0.05) is 6.42 Å². The van der Waals surface area contributed by atoms with E-state index in [9.17, 15) is 0 Å². The van der Waals surface area contributed by atoms with E-state index in [0.29, 0.717) is 6.61 Å². The van der Waals surface area contributed by atoms with Gasteiger partial charge in [-0.25, -0.2) is 4.68 Å². The minimum absolute atomic E-state index is 0.137. The lowest BCUT2D eigenvalue weighted by molar-refractivity contribution is -1.03. The minimum Gasteiger partial charge on any atom is -0.494 e. The van der Waals surface area contributed by atoms with Crippen LogP contribution in [-0.2, 0) is 5.54 Å². The van der Waals surface area contributed by atoms with Gasteiger partial charge < -0.3 is 14.5 Å². The van der Waals surface area contributed by atoms with E-state index in [1.807, 2.05) is 16.5 Å². The maximum atomic E-state index is 5.68. The Hall–Kier alpha value is -1.99. The average molecular weight is 429 g/mol. The second kappa shape index (κ2) is 9.65. The van der Waals surface area contributed by atoms with E-state index in [0.717, 1.165) is 30.7 Å². The molecule has 7 heteroatoms. The lowest BCUT2D eigenvalue weighted by atomic mass is 9.93. The molecule has 170 valence electrons. The van der Waals surface area contributed by atoms with E-state index in [4.69, 9.17) is 4.74 Å². The Morgan fingerprint density at radius 2 is 1.71 bits per heavy atom. The molecule has 2 heterocycles. The molecule has 2 aliphatic rings. The molecule has 1 atom stereocenters. The summed E-state index contributed by atoms with van der Waals surface area (Å²) < 4.78 is 7.70. The third-order valence-corrected chi connectivity index (χ3v) is 7.04. The number of quaternary nitrogens is 2. The van der Waals surface area contributed by atoms with Crippen LogP contribution >= 0.6 is 0 Å². The van der Waals surface area contributed by atoms with Gasteiger partial charge in [0.05, 0.1) is 18.2 Å². The quantitative estimate of drug-likeness (QED) is 0.722. The summed E-state index contributed by atoms with van der Waals surface area (Å²) in [6.07, 6.45) is 7.08. The van der Waals surface area contributed by atoms with Crippen LogP contribution in [0.5, 0.6) is 5.75 Å². The SMILES string of the molecule is CCOc1ccc([C@H](c2nnnn2C(C)(C)C)[NH+]2CC[NH+](C3CCCCC3)CC2)cc1. The van der Waals surface area contributed by atoms with Gasteiger partial charge in [-0.05, 0) is 88.1 Å². The second-order valence-electron chi connectivity index (χ2n) is 10.2. The van der Waals surface area contributed by atoms with Gasteiger partial charge in [0.25, 0.3) is 0 Å². The average Bonchev–Trinajstić information content (AvgIpc) is 3.27. The van der Waals surface area contributed by atoms with Crippen molar-refractivity contribution in [2.24, 2.45) is 0 Å². The highest BCUT2D eigenvalue weighted by Gasteiger charge is 2.39. The van der Waals surface area contributed by atoms with Gasteiger partial charge in [0, 0.05) is 5.56 Å². The first kappa shape index (κ1) is 22.2. The van der Waals surface area contributed by atoms with Crippen LogP contribution in [0.4, 0.5) is 0 Å². The lowest BCUT2D eigenvalue weighted by Gasteiger charge is -2.39. The summed E-state index contributed by atoms with van der Waals surface area (Å²) in [6, 6.07) is 9.58. The summed E-state index contributed by atoms with van der Waals surface area (Å²) in [5, 5.41) is 13.0. The molecule has 1 aromatic heterocycles. The molecule has 1 saturated heterocycles. The van der Waals surface area contributed by atoms with Crippen LogP contribution in [0.3, 0.4) is 0 Å². The maximum absolute atomic E-state index is 5.68. The fourth-order valence-electron chi connectivity index (χ4n) is 5.44. The molecule has 7 nitrogen and oxygen atoms in total. The molecular weight excluding hydrogens is 388 g/mol. The van der Waals surface area contributed by atoms with Crippen molar-refractivity contribution in [2.75, 3.05) is 32.8 Å². The maximum Gasteiger partial charge on any atom is 0.214 e. The van der Waals surface area contributed by atoms with Crippen LogP contribution < -0.4 is 14.5 Å². The number of nitrogens with zero attached hydrogens (tertiary/aromatic N) is 4. The van der Waals surface area contributed by atoms with E-state index in [1.54, 1.807) is 4.90 Å². The fourth-order valence-corrected chi connectivity index (χ4v) is 5.44. The summed E-state index contributed by atoms with van der Waals surface area (Å²) in [6.45, 7) is 14.0. The Morgan fingerprint density at radius 3 is 2.32 bits per heavy atom. The first-order valence-electron chi connectivity index (χ1n) is 12.2. The summed E-state index contributed by atoms with van der Waals surface area (Å²) >= 11 is 0. The Kier molecular flexibility index (Phi) is 6.92. The van der Waals surface area contributed by atoms with Crippen molar-refractivity contribution in [3.05, 3.63) is 35.7 Å². The third kappa shape index (κ3) is 5.09. The Bertz CT molecular complexity index is 813. The molecule has 0 unspecified atom stereocenters. The Balaban J connectivity index is 1.58. The minimum atomic E-state index is -0.156. The number of benzene rings is 1. The highest BCUT2D eigenvalue weighted by Crippen LogP contribution is 2.24. The normalized spacial score (nSPS) is 24.1. The molecule has 0 bridgehead atoms. The number of ether oxygens (including phenoxy) is 1. The number of piperazine rings is 1. The number of hydrogen-bond donors (Lipinski definition) is 2. The van der Waals surface area contributed by atoms with Gasteiger partial charge in [-0.3, -0.25) is 0 Å². The molecule has 2 aromatic rings. The van der Waals surface area contributed by atoms with Gasteiger partial charge in [-0.2, -0.15) is 0 Å². The van der Waals surface area contributed by atoms with E-state index in [-0.39, 0.29) is 11.6 Å². The highest BCUT2D eigenvalue weighted by atomic mass is 16.5. The predicted molar refractivity (Wildman–Crippen MR) is 121 cm³/mol. The Labute approximate surface area is 186 Å². The lowest BCUT2D eigenvalue weighted by Crippen LogP contribution is -3.29. The zero-order valence-corrected chi connectivity index (χ0v) is 19.7. The topological polar surface area (TPSA) is 61.7 Å². The van der Waals surface area contributed by atoms with Crippen molar-refractivity contribution >= 4 is 0 Å².